The fourth-order valence-corrected chi connectivity index (χ4v) is 4.26. The van der Waals surface area contributed by atoms with Crippen LogP contribution in [0.15, 0.2) is 53.0 Å². The van der Waals surface area contributed by atoms with E-state index in [0.717, 1.165) is 32.5 Å². The first kappa shape index (κ1) is 18.7. The van der Waals surface area contributed by atoms with Gasteiger partial charge in [0.05, 0.1) is 6.04 Å². The summed E-state index contributed by atoms with van der Waals surface area (Å²) in [4.78, 5) is 39.1. The second-order valence-electron chi connectivity index (χ2n) is 7.22. The van der Waals surface area contributed by atoms with Gasteiger partial charge in [-0.05, 0) is 48.6 Å². The van der Waals surface area contributed by atoms with E-state index in [4.69, 9.17) is 0 Å². The Morgan fingerprint density at radius 2 is 1.93 bits per heavy atom. The Morgan fingerprint density at radius 1 is 1.21 bits per heavy atom. The Morgan fingerprint density at radius 3 is 2.68 bits per heavy atom. The molecule has 1 spiro atoms. The lowest BCUT2D eigenvalue weighted by atomic mass is 9.92. The molecule has 0 aromatic heterocycles. The van der Waals surface area contributed by atoms with E-state index in [1.54, 1.807) is 0 Å². The molecule has 28 heavy (non-hydrogen) atoms. The van der Waals surface area contributed by atoms with Gasteiger partial charge in [0, 0.05) is 4.47 Å². The summed E-state index contributed by atoms with van der Waals surface area (Å²) in [5.74, 6) is -0.726. The van der Waals surface area contributed by atoms with Crippen LogP contribution in [0.25, 0.3) is 0 Å². The molecule has 2 aromatic carbocycles. The third kappa shape index (κ3) is 3.09. The van der Waals surface area contributed by atoms with Crippen molar-refractivity contribution in [3.63, 3.8) is 0 Å². The van der Waals surface area contributed by atoms with Crippen molar-refractivity contribution in [1.29, 1.82) is 0 Å². The summed E-state index contributed by atoms with van der Waals surface area (Å²) in [6, 6.07) is 14.5. The Kier molecular flexibility index (Phi) is 4.71. The van der Waals surface area contributed by atoms with Crippen LogP contribution in [-0.2, 0) is 21.5 Å². The van der Waals surface area contributed by atoms with Gasteiger partial charge in [0.2, 0.25) is 5.91 Å². The predicted molar refractivity (Wildman–Crippen MR) is 107 cm³/mol. The number of rotatable bonds is 4. The molecule has 144 valence electrons. The molecule has 2 aromatic rings. The van der Waals surface area contributed by atoms with Gasteiger partial charge in [-0.15, -0.1) is 0 Å². The standard InChI is InChI=1S/C21H20BrN3O3/c1-13(14-6-8-16(22)9-7-14)23-18(26)12-25-19(27)21(24-20(25)28)11-10-15-4-2-3-5-17(15)21/h2-9,13H,10-12H2,1H3,(H,23,26)(H,24,28)/t13-,21+/m0/s1. The summed E-state index contributed by atoms with van der Waals surface area (Å²) in [6.45, 7) is 1.57. The van der Waals surface area contributed by atoms with Crippen LogP contribution >= 0.6 is 15.9 Å². The smallest absolute Gasteiger partial charge is 0.325 e. The van der Waals surface area contributed by atoms with Crippen molar-refractivity contribution in [2.75, 3.05) is 6.54 Å². The van der Waals surface area contributed by atoms with E-state index in [1.165, 1.54) is 0 Å². The highest BCUT2D eigenvalue weighted by Crippen LogP contribution is 2.41. The van der Waals surface area contributed by atoms with Gasteiger partial charge in [-0.3, -0.25) is 14.5 Å². The fraction of sp³-hybridized carbons (Fsp3) is 0.286. The largest absolute Gasteiger partial charge is 0.348 e. The van der Waals surface area contributed by atoms with E-state index < -0.39 is 11.6 Å². The second kappa shape index (κ2) is 7.05. The highest BCUT2D eigenvalue weighted by atomic mass is 79.9. The summed E-state index contributed by atoms with van der Waals surface area (Å²) >= 11 is 3.38. The third-order valence-electron chi connectivity index (χ3n) is 5.47. The number of nitrogens with one attached hydrogen (secondary N) is 2. The predicted octanol–water partition coefficient (Wildman–Crippen LogP) is 3.02. The molecule has 1 heterocycles. The summed E-state index contributed by atoms with van der Waals surface area (Å²) in [5.41, 5.74) is 1.80. The van der Waals surface area contributed by atoms with Crippen LogP contribution in [0.5, 0.6) is 0 Å². The lowest BCUT2D eigenvalue weighted by molar-refractivity contribution is -0.135. The molecule has 2 aliphatic rings. The van der Waals surface area contributed by atoms with Crippen molar-refractivity contribution in [2.24, 2.45) is 0 Å². The molecule has 7 heteroatoms. The molecule has 2 atom stereocenters. The average molecular weight is 442 g/mol. The topological polar surface area (TPSA) is 78.5 Å². The zero-order valence-electron chi connectivity index (χ0n) is 15.4. The van der Waals surface area contributed by atoms with Gasteiger partial charge in [-0.1, -0.05) is 52.3 Å². The van der Waals surface area contributed by atoms with Crippen LogP contribution in [0, 0.1) is 0 Å². The summed E-state index contributed by atoms with van der Waals surface area (Å²) < 4.78 is 0.955. The van der Waals surface area contributed by atoms with Crippen molar-refractivity contribution >= 4 is 33.8 Å². The maximum atomic E-state index is 13.1. The van der Waals surface area contributed by atoms with Crippen molar-refractivity contribution < 1.29 is 14.4 Å². The molecule has 1 aliphatic carbocycles. The van der Waals surface area contributed by atoms with E-state index >= 15 is 0 Å². The maximum Gasteiger partial charge on any atom is 0.325 e. The van der Waals surface area contributed by atoms with Crippen LogP contribution in [0.3, 0.4) is 0 Å². The number of carbonyl (C=O) groups is 3. The van der Waals surface area contributed by atoms with Gasteiger partial charge in [0.1, 0.15) is 12.1 Å². The minimum Gasteiger partial charge on any atom is -0.348 e. The number of carbonyl (C=O) groups excluding carboxylic acids is 3. The summed E-state index contributed by atoms with van der Waals surface area (Å²) in [6.07, 6.45) is 1.24. The third-order valence-corrected chi connectivity index (χ3v) is 6.00. The Bertz CT molecular complexity index is 960. The molecular weight excluding hydrogens is 422 g/mol. The number of fused-ring (bicyclic) bond motifs is 2. The molecule has 0 saturated carbocycles. The summed E-state index contributed by atoms with van der Waals surface area (Å²) in [7, 11) is 0. The SMILES string of the molecule is C[C@H](NC(=O)CN1C(=O)N[C@@]2(CCc3ccccc32)C1=O)c1ccc(Br)cc1. The van der Waals surface area contributed by atoms with Gasteiger partial charge in [0.15, 0.2) is 0 Å². The first-order valence-electron chi connectivity index (χ1n) is 9.18. The number of benzene rings is 2. The Hall–Kier alpha value is -2.67. The fourth-order valence-electron chi connectivity index (χ4n) is 4.00. The van der Waals surface area contributed by atoms with Crippen LogP contribution in [0.4, 0.5) is 4.79 Å². The average Bonchev–Trinajstić information content (AvgIpc) is 3.16. The highest BCUT2D eigenvalue weighted by molar-refractivity contribution is 9.10. The molecule has 0 unspecified atom stereocenters. The van der Waals surface area contributed by atoms with Crippen LogP contribution < -0.4 is 10.6 Å². The zero-order chi connectivity index (χ0) is 19.9. The van der Waals surface area contributed by atoms with Crippen molar-refractivity contribution in [3.8, 4) is 0 Å². The first-order valence-corrected chi connectivity index (χ1v) is 9.97. The zero-order valence-corrected chi connectivity index (χ0v) is 17.0. The molecule has 0 bridgehead atoms. The van der Waals surface area contributed by atoms with Gasteiger partial charge < -0.3 is 10.6 Å². The molecule has 6 nitrogen and oxygen atoms in total. The minimum atomic E-state index is -1.04. The van der Waals surface area contributed by atoms with Crippen molar-refractivity contribution in [3.05, 3.63) is 69.7 Å². The Labute approximate surface area is 171 Å². The van der Waals surface area contributed by atoms with Crippen LogP contribution in [0.2, 0.25) is 0 Å². The van der Waals surface area contributed by atoms with Crippen molar-refractivity contribution in [1.82, 2.24) is 15.5 Å². The molecule has 4 rings (SSSR count). The number of hydrogen-bond donors (Lipinski definition) is 2. The molecular formula is C21H20BrN3O3. The number of imide groups is 1. The van der Waals surface area contributed by atoms with Crippen LogP contribution in [-0.4, -0.2) is 29.3 Å². The highest BCUT2D eigenvalue weighted by Gasteiger charge is 2.55. The number of amides is 4. The van der Waals surface area contributed by atoms with Crippen LogP contribution in [0.1, 0.15) is 36.1 Å². The van der Waals surface area contributed by atoms with Gasteiger partial charge in [-0.2, -0.15) is 0 Å². The monoisotopic (exact) mass is 441 g/mol. The van der Waals surface area contributed by atoms with Crippen molar-refractivity contribution in [2.45, 2.75) is 31.3 Å². The van der Waals surface area contributed by atoms with E-state index in [1.807, 2.05) is 55.5 Å². The number of halogens is 1. The number of hydrogen-bond acceptors (Lipinski definition) is 3. The molecule has 2 N–H and O–H groups in total. The number of urea groups is 1. The molecule has 1 aliphatic heterocycles. The number of aryl methyl sites for hydroxylation is 1. The Balaban J connectivity index is 1.47. The molecule has 4 amide bonds. The first-order chi connectivity index (χ1) is 13.4. The van der Waals surface area contributed by atoms with E-state index in [9.17, 15) is 14.4 Å². The lowest BCUT2D eigenvalue weighted by Gasteiger charge is -2.22. The van der Waals surface area contributed by atoms with Gasteiger partial charge >= 0.3 is 6.03 Å². The quantitative estimate of drug-likeness (QED) is 0.715. The summed E-state index contributed by atoms with van der Waals surface area (Å²) in [5, 5.41) is 5.69. The molecule has 1 saturated heterocycles. The lowest BCUT2D eigenvalue weighted by Crippen LogP contribution is -2.44. The normalized spacial score (nSPS) is 21.6. The van der Waals surface area contributed by atoms with Gasteiger partial charge in [0.25, 0.3) is 5.91 Å². The number of nitrogens with zero attached hydrogens (tertiary/aromatic N) is 1. The van der Waals surface area contributed by atoms with Gasteiger partial charge in [-0.25, -0.2) is 4.79 Å². The van der Waals surface area contributed by atoms with E-state index in [-0.39, 0.29) is 24.4 Å². The molecule has 1 fully saturated rings. The van der Waals surface area contributed by atoms with E-state index in [2.05, 4.69) is 26.6 Å². The minimum absolute atomic E-state index is 0.234. The molecule has 0 radical (unpaired) electrons. The second-order valence-corrected chi connectivity index (χ2v) is 8.14. The maximum absolute atomic E-state index is 13.1. The van der Waals surface area contributed by atoms with E-state index in [0.29, 0.717) is 6.42 Å².